The average Bonchev–Trinajstić information content (AvgIpc) is 2.79. The number of ether oxygens (including phenoxy) is 3. The maximum Gasteiger partial charge on any atom is 0.573 e. The summed E-state index contributed by atoms with van der Waals surface area (Å²) in [6.07, 6.45) is -1.25. The molecule has 0 saturated heterocycles. The van der Waals surface area contributed by atoms with E-state index < -0.39 is 12.3 Å². The number of hydrogen-bond acceptors (Lipinski definition) is 4. The molecule has 0 aliphatic carbocycles. The summed E-state index contributed by atoms with van der Waals surface area (Å²) in [5.74, 6) is 0.503. The van der Waals surface area contributed by atoms with Crippen LogP contribution in [0.5, 0.6) is 17.2 Å². The fourth-order valence-electron chi connectivity index (χ4n) is 3.47. The molecule has 4 nitrogen and oxygen atoms in total. The van der Waals surface area contributed by atoms with Crippen LogP contribution in [0.3, 0.4) is 0 Å². The highest BCUT2D eigenvalue weighted by Crippen LogP contribution is 2.34. The third kappa shape index (κ3) is 7.90. The molecular formula is C29H29F3O4. The summed E-state index contributed by atoms with van der Waals surface area (Å²) in [5.41, 5.74) is 3.46. The van der Waals surface area contributed by atoms with Crippen LogP contribution in [0.25, 0.3) is 11.1 Å². The van der Waals surface area contributed by atoms with Crippen molar-refractivity contribution >= 4 is 5.97 Å². The maximum atomic E-state index is 12.5. The van der Waals surface area contributed by atoms with Gasteiger partial charge in [0.1, 0.15) is 17.2 Å². The van der Waals surface area contributed by atoms with Gasteiger partial charge in [0.15, 0.2) is 0 Å². The first-order valence-corrected chi connectivity index (χ1v) is 11.6. The van der Waals surface area contributed by atoms with E-state index in [4.69, 9.17) is 9.47 Å². The molecule has 0 heterocycles. The van der Waals surface area contributed by atoms with Gasteiger partial charge < -0.3 is 14.2 Å². The second-order valence-corrected chi connectivity index (χ2v) is 9.13. The van der Waals surface area contributed by atoms with E-state index in [1.54, 1.807) is 25.1 Å². The summed E-state index contributed by atoms with van der Waals surface area (Å²) in [5, 5.41) is 0. The number of allylic oxidation sites excluding steroid dienone is 1. The fraction of sp³-hybridized carbons (Fsp3) is 0.276. The molecule has 190 valence electrons. The highest BCUT2D eigenvalue weighted by atomic mass is 19.4. The van der Waals surface area contributed by atoms with Crippen LogP contribution in [0.1, 0.15) is 38.8 Å². The van der Waals surface area contributed by atoms with Gasteiger partial charge in [0, 0.05) is 6.08 Å². The normalized spacial score (nSPS) is 12.0. The summed E-state index contributed by atoms with van der Waals surface area (Å²) >= 11 is 0. The van der Waals surface area contributed by atoms with E-state index in [-0.39, 0.29) is 11.2 Å². The van der Waals surface area contributed by atoms with Crippen molar-refractivity contribution in [3.8, 4) is 28.4 Å². The Morgan fingerprint density at radius 1 is 0.861 bits per heavy atom. The van der Waals surface area contributed by atoms with Crippen molar-refractivity contribution < 1.29 is 32.2 Å². The van der Waals surface area contributed by atoms with Gasteiger partial charge in [0.2, 0.25) is 0 Å². The molecule has 3 aromatic rings. The third-order valence-electron chi connectivity index (χ3n) is 5.31. The van der Waals surface area contributed by atoms with Gasteiger partial charge in [-0.05, 0) is 71.3 Å². The molecule has 0 bridgehead atoms. The molecule has 0 atom stereocenters. The van der Waals surface area contributed by atoms with Crippen LogP contribution in [-0.4, -0.2) is 18.9 Å². The zero-order chi connectivity index (χ0) is 26.3. The number of benzene rings is 3. The van der Waals surface area contributed by atoms with Crippen molar-refractivity contribution in [3.05, 3.63) is 90.0 Å². The Kier molecular flexibility index (Phi) is 8.45. The second kappa shape index (κ2) is 11.3. The maximum absolute atomic E-state index is 12.5. The molecule has 3 aromatic carbocycles. The molecule has 36 heavy (non-hydrogen) atoms. The first-order chi connectivity index (χ1) is 16.9. The smallest absolute Gasteiger partial charge is 0.463 e. The Balaban J connectivity index is 1.90. The average molecular weight is 499 g/mol. The molecule has 3 rings (SSSR count). The van der Waals surface area contributed by atoms with Gasteiger partial charge >= 0.3 is 12.3 Å². The number of alkyl halides is 3. The first kappa shape index (κ1) is 26.9. The molecular weight excluding hydrogens is 469 g/mol. The predicted octanol–water partition coefficient (Wildman–Crippen LogP) is 8.00. The van der Waals surface area contributed by atoms with E-state index in [1.807, 2.05) is 42.5 Å². The van der Waals surface area contributed by atoms with Crippen LogP contribution in [0.4, 0.5) is 13.2 Å². The standard InChI is InChI=1S/C29H29F3O4/c1-5-34-27(33)8-6-7-21-9-10-22(20-11-15-25(16-12-20)36-29(30,31)32)19-26(21)35-24-17-13-23(14-18-24)28(2,3)4/h6,8-19H,5,7H2,1-4H3. The molecule has 0 radical (unpaired) electrons. The van der Waals surface area contributed by atoms with Crippen LogP contribution in [0, 0.1) is 0 Å². The van der Waals surface area contributed by atoms with E-state index in [9.17, 15) is 18.0 Å². The first-order valence-electron chi connectivity index (χ1n) is 11.6. The Hall–Kier alpha value is -3.74. The topological polar surface area (TPSA) is 44.8 Å². The van der Waals surface area contributed by atoms with Crippen molar-refractivity contribution in [1.82, 2.24) is 0 Å². The van der Waals surface area contributed by atoms with Crippen molar-refractivity contribution in [2.75, 3.05) is 6.61 Å². The number of carbonyl (C=O) groups excluding carboxylic acids is 1. The molecule has 0 aliphatic heterocycles. The minimum absolute atomic E-state index is 0.00346. The summed E-state index contributed by atoms with van der Waals surface area (Å²) in [4.78, 5) is 11.7. The van der Waals surface area contributed by atoms with Crippen LogP contribution in [-0.2, 0) is 21.4 Å². The van der Waals surface area contributed by atoms with E-state index in [1.165, 1.54) is 23.8 Å². The fourth-order valence-corrected chi connectivity index (χ4v) is 3.47. The molecule has 7 heteroatoms. The number of rotatable bonds is 8. The van der Waals surface area contributed by atoms with E-state index >= 15 is 0 Å². The molecule has 0 aromatic heterocycles. The van der Waals surface area contributed by atoms with Crippen molar-refractivity contribution in [1.29, 1.82) is 0 Å². The quantitative estimate of drug-likeness (QED) is 0.233. The molecule has 0 spiro atoms. The number of halogens is 3. The van der Waals surface area contributed by atoms with Gasteiger partial charge in [0.05, 0.1) is 6.61 Å². The minimum Gasteiger partial charge on any atom is -0.463 e. The summed E-state index contributed by atoms with van der Waals surface area (Å²) < 4.78 is 52.5. The predicted molar refractivity (Wildman–Crippen MR) is 133 cm³/mol. The Morgan fingerprint density at radius 3 is 2.06 bits per heavy atom. The summed E-state index contributed by atoms with van der Waals surface area (Å²) in [6.45, 7) is 8.43. The van der Waals surface area contributed by atoms with Crippen molar-refractivity contribution in [3.63, 3.8) is 0 Å². The van der Waals surface area contributed by atoms with Gasteiger partial charge in [-0.15, -0.1) is 13.2 Å². The molecule has 0 N–H and O–H groups in total. The number of carbonyl (C=O) groups is 1. The van der Waals surface area contributed by atoms with Crippen LogP contribution < -0.4 is 9.47 Å². The Labute approximate surface area is 209 Å². The lowest BCUT2D eigenvalue weighted by molar-refractivity contribution is -0.274. The van der Waals surface area contributed by atoms with Gasteiger partial charge in [-0.1, -0.05) is 63.2 Å². The lowest BCUT2D eigenvalue weighted by Crippen LogP contribution is -2.16. The zero-order valence-electron chi connectivity index (χ0n) is 20.7. The molecule has 0 aliphatic rings. The minimum atomic E-state index is -4.75. The largest absolute Gasteiger partial charge is 0.573 e. The van der Waals surface area contributed by atoms with Crippen LogP contribution >= 0.6 is 0 Å². The van der Waals surface area contributed by atoms with Crippen LogP contribution in [0.2, 0.25) is 0 Å². The molecule has 0 amide bonds. The number of esters is 1. The lowest BCUT2D eigenvalue weighted by Gasteiger charge is -2.19. The third-order valence-corrected chi connectivity index (χ3v) is 5.31. The van der Waals surface area contributed by atoms with Crippen molar-refractivity contribution in [2.24, 2.45) is 0 Å². The zero-order valence-corrected chi connectivity index (χ0v) is 20.7. The Bertz CT molecular complexity index is 1190. The lowest BCUT2D eigenvalue weighted by atomic mass is 9.87. The highest BCUT2D eigenvalue weighted by molar-refractivity contribution is 5.81. The molecule has 0 fully saturated rings. The SMILES string of the molecule is CCOC(=O)C=CCc1ccc(-c2ccc(OC(F)(F)F)cc2)cc1Oc1ccc(C(C)(C)C)cc1. The van der Waals surface area contributed by atoms with Gasteiger partial charge in [0.25, 0.3) is 0 Å². The van der Waals surface area contributed by atoms with E-state index in [0.29, 0.717) is 30.1 Å². The van der Waals surface area contributed by atoms with E-state index in [2.05, 4.69) is 25.5 Å². The molecule has 0 saturated carbocycles. The van der Waals surface area contributed by atoms with Crippen molar-refractivity contribution in [2.45, 2.75) is 45.9 Å². The summed E-state index contributed by atoms with van der Waals surface area (Å²) in [6, 6.07) is 19.0. The highest BCUT2D eigenvalue weighted by Gasteiger charge is 2.31. The Morgan fingerprint density at radius 2 is 1.47 bits per heavy atom. The summed E-state index contributed by atoms with van der Waals surface area (Å²) in [7, 11) is 0. The van der Waals surface area contributed by atoms with Gasteiger partial charge in [-0.3, -0.25) is 0 Å². The van der Waals surface area contributed by atoms with Gasteiger partial charge in [-0.2, -0.15) is 0 Å². The monoisotopic (exact) mass is 498 g/mol. The molecule has 0 unspecified atom stereocenters. The second-order valence-electron chi connectivity index (χ2n) is 9.13. The van der Waals surface area contributed by atoms with E-state index in [0.717, 1.165) is 11.1 Å². The van der Waals surface area contributed by atoms with Crippen LogP contribution in [0.15, 0.2) is 78.9 Å². The van der Waals surface area contributed by atoms with Gasteiger partial charge in [-0.25, -0.2) is 4.79 Å². The number of hydrogen-bond donors (Lipinski definition) is 0.